The van der Waals surface area contributed by atoms with Gasteiger partial charge in [-0.05, 0) is 43.0 Å². The summed E-state index contributed by atoms with van der Waals surface area (Å²) in [5, 5.41) is 0. The Morgan fingerprint density at radius 3 is 2.89 bits per heavy atom. The van der Waals surface area contributed by atoms with Gasteiger partial charge in [0.2, 0.25) is 0 Å². The zero-order valence-electron chi connectivity index (χ0n) is 10.7. The van der Waals surface area contributed by atoms with Crippen LogP contribution in [0.1, 0.15) is 24.8 Å². The van der Waals surface area contributed by atoms with E-state index in [0.717, 1.165) is 37.2 Å². The first kappa shape index (κ1) is 13.6. The summed E-state index contributed by atoms with van der Waals surface area (Å²) in [6.07, 6.45) is 3.71. The Balaban J connectivity index is 2.02. The van der Waals surface area contributed by atoms with Crippen LogP contribution in [0.5, 0.6) is 0 Å². The average Bonchev–Trinajstić information content (AvgIpc) is 2.39. The lowest BCUT2D eigenvalue weighted by molar-refractivity contribution is 0.0216. The molecule has 0 spiro atoms. The van der Waals surface area contributed by atoms with Crippen LogP contribution in [0, 0.1) is 5.82 Å². The van der Waals surface area contributed by atoms with Crippen molar-refractivity contribution in [1.82, 2.24) is 0 Å². The fourth-order valence-corrected chi connectivity index (χ4v) is 2.45. The predicted molar refractivity (Wildman–Crippen MR) is 72.8 cm³/mol. The quantitative estimate of drug-likeness (QED) is 0.777. The number of ether oxygens (including phenoxy) is 1. The van der Waals surface area contributed by atoms with E-state index in [1.54, 1.807) is 6.07 Å². The number of likely N-dealkylation sites (N-methyl/N-ethyl adjacent to an activating group) is 1. The van der Waals surface area contributed by atoms with Crippen LogP contribution in [0.4, 0.5) is 10.1 Å². The number of anilines is 1. The number of rotatable bonds is 4. The fraction of sp³-hybridized carbons (Fsp3) is 0.571. The molecule has 2 nitrogen and oxygen atoms in total. The van der Waals surface area contributed by atoms with Crippen molar-refractivity contribution in [2.45, 2.75) is 31.2 Å². The molecule has 1 heterocycles. The maximum atomic E-state index is 13.4. The molecule has 1 fully saturated rings. The molecular weight excluding hydrogens is 253 g/mol. The lowest BCUT2D eigenvalue weighted by Crippen LogP contribution is -2.33. The van der Waals surface area contributed by atoms with E-state index < -0.39 is 0 Å². The van der Waals surface area contributed by atoms with E-state index in [1.165, 1.54) is 12.5 Å². The van der Waals surface area contributed by atoms with Crippen molar-refractivity contribution >= 4 is 17.3 Å². The van der Waals surface area contributed by atoms with Crippen LogP contribution in [0.2, 0.25) is 0 Å². The van der Waals surface area contributed by atoms with Crippen LogP contribution >= 0.6 is 11.6 Å². The van der Waals surface area contributed by atoms with Gasteiger partial charge in [-0.25, -0.2) is 4.39 Å². The van der Waals surface area contributed by atoms with E-state index in [2.05, 4.69) is 0 Å². The van der Waals surface area contributed by atoms with E-state index in [1.807, 2.05) is 18.0 Å². The van der Waals surface area contributed by atoms with Crippen molar-refractivity contribution in [2.24, 2.45) is 0 Å². The van der Waals surface area contributed by atoms with Crippen LogP contribution in [-0.2, 0) is 10.6 Å². The molecule has 1 unspecified atom stereocenters. The molecule has 1 aromatic rings. The Hall–Kier alpha value is -0.800. The van der Waals surface area contributed by atoms with Crippen molar-refractivity contribution < 1.29 is 9.13 Å². The Labute approximate surface area is 113 Å². The van der Waals surface area contributed by atoms with Crippen LogP contribution < -0.4 is 4.90 Å². The highest BCUT2D eigenvalue weighted by molar-refractivity contribution is 6.17. The first-order chi connectivity index (χ1) is 8.69. The maximum Gasteiger partial charge on any atom is 0.125 e. The molecule has 100 valence electrons. The average molecular weight is 272 g/mol. The number of hydrogen-bond acceptors (Lipinski definition) is 2. The molecular formula is C14H19ClFNO. The third kappa shape index (κ3) is 3.59. The van der Waals surface area contributed by atoms with E-state index in [4.69, 9.17) is 16.3 Å². The molecule has 0 radical (unpaired) electrons. The van der Waals surface area contributed by atoms with Gasteiger partial charge < -0.3 is 9.64 Å². The highest BCUT2D eigenvalue weighted by Crippen LogP contribution is 2.21. The summed E-state index contributed by atoms with van der Waals surface area (Å²) in [5.74, 6) is 0.0954. The van der Waals surface area contributed by atoms with Gasteiger partial charge in [0.1, 0.15) is 5.82 Å². The summed E-state index contributed by atoms with van der Waals surface area (Å²) in [6, 6.07) is 4.94. The maximum absolute atomic E-state index is 13.4. The van der Waals surface area contributed by atoms with Gasteiger partial charge in [0, 0.05) is 31.8 Å². The third-order valence-electron chi connectivity index (χ3n) is 3.29. The van der Waals surface area contributed by atoms with E-state index in [-0.39, 0.29) is 11.9 Å². The van der Waals surface area contributed by atoms with Gasteiger partial charge in [0.05, 0.1) is 6.10 Å². The summed E-state index contributed by atoms with van der Waals surface area (Å²) in [4.78, 5) is 2.04. The fourth-order valence-electron chi connectivity index (χ4n) is 2.29. The summed E-state index contributed by atoms with van der Waals surface area (Å²) in [6.45, 7) is 1.64. The first-order valence-electron chi connectivity index (χ1n) is 6.37. The lowest BCUT2D eigenvalue weighted by atomic mass is 10.1. The number of nitrogens with zero attached hydrogens (tertiary/aromatic N) is 1. The molecule has 1 aliphatic rings. The van der Waals surface area contributed by atoms with Gasteiger partial charge in [-0.15, -0.1) is 11.6 Å². The molecule has 1 aromatic carbocycles. The molecule has 4 heteroatoms. The van der Waals surface area contributed by atoms with E-state index in [9.17, 15) is 4.39 Å². The Morgan fingerprint density at radius 2 is 2.22 bits per heavy atom. The molecule has 2 rings (SSSR count). The second-order valence-electron chi connectivity index (χ2n) is 4.82. The normalized spacial score (nSPS) is 19.8. The summed E-state index contributed by atoms with van der Waals surface area (Å²) in [7, 11) is 1.96. The molecule has 1 atom stereocenters. The number of hydrogen-bond donors (Lipinski definition) is 0. The zero-order valence-corrected chi connectivity index (χ0v) is 11.4. The molecule has 18 heavy (non-hydrogen) atoms. The van der Waals surface area contributed by atoms with Crippen LogP contribution in [-0.4, -0.2) is 26.3 Å². The summed E-state index contributed by atoms with van der Waals surface area (Å²) >= 11 is 5.76. The van der Waals surface area contributed by atoms with E-state index >= 15 is 0 Å². The van der Waals surface area contributed by atoms with Crippen molar-refractivity contribution in [3.8, 4) is 0 Å². The van der Waals surface area contributed by atoms with Gasteiger partial charge >= 0.3 is 0 Å². The van der Waals surface area contributed by atoms with Crippen LogP contribution in [0.15, 0.2) is 18.2 Å². The predicted octanol–water partition coefficient (Wildman–Crippen LogP) is 3.57. The van der Waals surface area contributed by atoms with Crippen molar-refractivity contribution in [1.29, 1.82) is 0 Å². The highest BCUT2D eigenvalue weighted by Gasteiger charge is 2.16. The molecule has 1 aliphatic heterocycles. The minimum absolute atomic E-state index is 0.237. The Bertz CT molecular complexity index is 393. The Morgan fingerprint density at radius 1 is 1.39 bits per heavy atom. The summed E-state index contributed by atoms with van der Waals surface area (Å²) in [5.41, 5.74) is 1.67. The van der Waals surface area contributed by atoms with Gasteiger partial charge in [0.25, 0.3) is 0 Å². The van der Waals surface area contributed by atoms with Crippen LogP contribution in [0.25, 0.3) is 0 Å². The van der Waals surface area contributed by atoms with Crippen molar-refractivity contribution in [3.63, 3.8) is 0 Å². The third-order valence-corrected chi connectivity index (χ3v) is 3.60. The SMILES string of the molecule is CN(CC1CCCCO1)c1cc(F)cc(CCl)c1. The minimum Gasteiger partial charge on any atom is -0.376 e. The molecule has 0 N–H and O–H groups in total. The molecule has 0 saturated carbocycles. The number of alkyl halides is 1. The molecule has 1 saturated heterocycles. The molecule has 0 bridgehead atoms. The van der Waals surface area contributed by atoms with Crippen LogP contribution in [0.3, 0.4) is 0 Å². The van der Waals surface area contributed by atoms with Gasteiger partial charge in [-0.1, -0.05) is 0 Å². The monoisotopic (exact) mass is 271 g/mol. The van der Waals surface area contributed by atoms with Gasteiger partial charge in [0.15, 0.2) is 0 Å². The number of halogens is 2. The number of benzene rings is 1. The minimum atomic E-state index is -0.237. The van der Waals surface area contributed by atoms with Gasteiger partial charge in [-0.2, -0.15) is 0 Å². The Kier molecular flexibility index (Phi) is 4.84. The van der Waals surface area contributed by atoms with Crippen molar-refractivity contribution in [2.75, 3.05) is 25.1 Å². The largest absolute Gasteiger partial charge is 0.376 e. The highest BCUT2D eigenvalue weighted by atomic mass is 35.5. The summed E-state index contributed by atoms with van der Waals surface area (Å²) < 4.78 is 19.1. The standard InChI is InChI=1S/C14H19ClFNO/c1-17(10-14-4-2-3-5-18-14)13-7-11(9-15)6-12(16)8-13/h6-8,14H,2-5,9-10H2,1H3. The van der Waals surface area contributed by atoms with E-state index in [0.29, 0.717) is 5.88 Å². The zero-order chi connectivity index (χ0) is 13.0. The first-order valence-corrected chi connectivity index (χ1v) is 6.90. The molecule has 0 amide bonds. The lowest BCUT2D eigenvalue weighted by Gasteiger charge is -2.28. The molecule has 0 aliphatic carbocycles. The topological polar surface area (TPSA) is 12.5 Å². The second-order valence-corrected chi connectivity index (χ2v) is 5.09. The van der Waals surface area contributed by atoms with Crippen molar-refractivity contribution in [3.05, 3.63) is 29.6 Å². The molecule has 0 aromatic heterocycles. The smallest absolute Gasteiger partial charge is 0.125 e. The second kappa shape index (κ2) is 6.39. The van der Waals surface area contributed by atoms with Gasteiger partial charge in [-0.3, -0.25) is 0 Å².